The van der Waals surface area contributed by atoms with Gasteiger partial charge in [0.1, 0.15) is 0 Å². The van der Waals surface area contributed by atoms with Crippen LogP contribution in [0.4, 0.5) is 0 Å². The summed E-state index contributed by atoms with van der Waals surface area (Å²) in [5, 5.41) is 0. The quantitative estimate of drug-likeness (QED) is 0.548. The molecule has 1 aliphatic carbocycles. The first-order valence-electron chi connectivity index (χ1n) is 7.30. The van der Waals surface area contributed by atoms with E-state index in [2.05, 4.69) is 23.7 Å². The highest BCUT2D eigenvalue weighted by Crippen LogP contribution is 2.23. The maximum absolute atomic E-state index is 6.08. The van der Waals surface area contributed by atoms with Gasteiger partial charge in [-0.25, -0.2) is 0 Å². The monoisotopic (exact) mass is 239 g/mol. The highest BCUT2D eigenvalue weighted by molar-refractivity contribution is 5.82. The van der Waals surface area contributed by atoms with Crippen LogP contribution in [0.3, 0.4) is 0 Å². The first-order chi connectivity index (χ1) is 8.27. The van der Waals surface area contributed by atoms with Crippen molar-refractivity contribution in [1.82, 2.24) is 4.90 Å². The van der Waals surface area contributed by atoms with Crippen molar-refractivity contribution in [2.75, 3.05) is 26.2 Å². The largest absolute Gasteiger partial charge is 0.387 e. The van der Waals surface area contributed by atoms with Gasteiger partial charge < -0.3 is 10.6 Å². The number of amidine groups is 1. The van der Waals surface area contributed by atoms with Gasteiger partial charge in [0.05, 0.1) is 12.4 Å². The second-order valence-electron chi connectivity index (χ2n) is 5.08. The van der Waals surface area contributed by atoms with Gasteiger partial charge in [-0.1, -0.05) is 33.1 Å². The number of likely N-dealkylation sites (N-methyl/N-ethyl adjacent to an activating group) is 1. The SMILES string of the molecule is CCCN(CC)CCN=C(N)C1CCCCC1. The van der Waals surface area contributed by atoms with Crippen LogP contribution in [-0.2, 0) is 0 Å². The molecule has 0 aromatic rings. The van der Waals surface area contributed by atoms with Crippen molar-refractivity contribution < 1.29 is 0 Å². The molecular formula is C14H29N3. The molecule has 0 atom stereocenters. The molecular weight excluding hydrogens is 210 g/mol. The van der Waals surface area contributed by atoms with Crippen LogP contribution < -0.4 is 5.73 Å². The number of hydrogen-bond donors (Lipinski definition) is 1. The Kier molecular flexibility index (Phi) is 7.25. The van der Waals surface area contributed by atoms with Crippen molar-refractivity contribution in [1.29, 1.82) is 0 Å². The zero-order chi connectivity index (χ0) is 12.5. The minimum atomic E-state index is 0.574. The van der Waals surface area contributed by atoms with Crippen LogP contribution in [0.1, 0.15) is 52.4 Å². The summed E-state index contributed by atoms with van der Waals surface area (Å²) in [7, 11) is 0. The molecule has 0 aliphatic heterocycles. The van der Waals surface area contributed by atoms with Crippen molar-refractivity contribution in [2.24, 2.45) is 16.6 Å². The van der Waals surface area contributed by atoms with E-state index in [1.807, 2.05) is 0 Å². The standard InChI is InChI=1S/C14H29N3/c1-3-11-17(4-2)12-10-16-14(15)13-8-6-5-7-9-13/h13H,3-12H2,1-2H3,(H2,15,16). The second kappa shape index (κ2) is 8.51. The molecule has 0 unspecified atom stereocenters. The molecule has 0 heterocycles. The zero-order valence-corrected chi connectivity index (χ0v) is 11.6. The molecule has 0 aromatic carbocycles. The molecule has 0 amide bonds. The molecule has 3 heteroatoms. The fourth-order valence-electron chi connectivity index (χ4n) is 2.59. The normalized spacial score (nSPS) is 18.9. The van der Waals surface area contributed by atoms with E-state index in [0.29, 0.717) is 5.92 Å². The average molecular weight is 239 g/mol. The van der Waals surface area contributed by atoms with Gasteiger partial charge >= 0.3 is 0 Å². The molecule has 0 aromatic heterocycles. The average Bonchev–Trinajstić information content (AvgIpc) is 2.38. The minimum absolute atomic E-state index is 0.574. The van der Waals surface area contributed by atoms with Crippen molar-refractivity contribution in [3.8, 4) is 0 Å². The van der Waals surface area contributed by atoms with Crippen LogP contribution >= 0.6 is 0 Å². The topological polar surface area (TPSA) is 41.6 Å². The molecule has 3 nitrogen and oxygen atoms in total. The second-order valence-corrected chi connectivity index (χ2v) is 5.08. The Morgan fingerprint density at radius 3 is 2.47 bits per heavy atom. The highest BCUT2D eigenvalue weighted by atomic mass is 15.1. The number of hydrogen-bond acceptors (Lipinski definition) is 2. The zero-order valence-electron chi connectivity index (χ0n) is 11.6. The van der Waals surface area contributed by atoms with Crippen molar-refractivity contribution in [2.45, 2.75) is 52.4 Å². The molecule has 0 spiro atoms. The Morgan fingerprint density at radius 2 is 1.88 bits per heavy atom. The number of rotatable bonds is 7. The Morgan fingerprint density at radius 1 is 1.18 bits per heavy atom. The third-order valence-electron chi connectivity index (χ3n) is 3.72. The number of aliphatic imine (C=N–C) groups is 1. The van der Waals surface area contributed by atoms with Crippen molar-refractivity contribution >= 4 is 5.84 Å². The first kappa shape index (κ1) is 14.5. The van der Waals surface area contributed by atoms with Crippen LogP contribution in [0.25, 0.3) is 0 Å². The van der Waals surface area contributed by atoms with Crippen molar-refractivity contribution in [3.63, 3.8) is 0 Å². The van der Waals surface area contributed by atoms with Gasteiger partial charge in [0, 0.05) is 12.5 Å². The summed E-state index contributed by atoms with van der Waals surface area (Å²) in [5.41, 5.74) is 6.08. The van der Waals surface area contributed by atoms with E-state index in [4.69, 9.17) is 5.73 Å². The lowest BCUT2D eigenvalue weighted by molar-refractivity contribution is 0.297. The molecule has 17 heavy (non-hydrogen) atoms. The summed E-state index contributed by atoms with van der Waals surface area (Å²) in [5.74, 6) is 1.49. The molecule has 100 valence electrons. The molecule has 1 fully saturated rings. The smallest absolute Gasteiger partial charge is 0.0968 e. The van der Waals surface area contributed by atoms with E-state index in [0.717, 1.165) is 25.5 Å². The summed E-state index contributed by atoms with van der Waals surface area (Å²) >= 11 is 0. The predicted molar refractivity (Wildman–Crippen MR) is 75.5 cm³/mol. The van der Waals surface area contributed by atoms with Gasteiger partial charge in [-0.3, -0.25) is 4.99 Å². The van der Waals surface area contributed by atoms with E-state index in [9.17, 15) is 0 Å². The third kappa shape index (κ3) is 5.53. The summed E-state index contributed by atoms with van der Waals surface area (Å²) in [4.78, 5) is 7.01. The molecule has 0 bridgehead atoms. The summed E-state index contributed by atoms with van der Waals surface area (Å²) in [6, 6.07) is 0. The Labute approximate surface area is 106 Å². The van der Waals surface area contributed by atoms with Crippen LogP contribution in [0.2, 0.25) is 0 Å². The molecule has 1 saturated carbocycles. The van der Waals surface area contributed by atoms with E-state index in [1.165, 1.54) is 45.1 Å². The molecule has 1 rings (SSSR count). The summed E-state index contributed by atoms with van der Waals surface area (Å²) in [6.07, 6.45) is 7.76. The lowest BCUT2D eigenvalue weighted by Gasteiger charge is -2.22. The third-order valence-corrected chi connectivity index (χ3v) is 3.72. The molecule has 0 saturated heterocycles. The lowest BCUT2D eigenvalue weighted by atomic mass is 9.88. The maximum atomic E-state index is 6.08. The highest BCUT2D eigenvalue weighted by Gasteiger charge is 2.16. The molecule has 2 N–H and O–H groups in total. The van der Waals surface area contributed by atoms with E-state index in [1.54, 1.807) is 0 Å². The molecule has 1 aliphatic rings. The lowest BCUT2D eigenvalue weighted by Crippen LogP contribution is -2.30. The fraction of sp³-hybridized carbons (Fsp3) is 0.929. The van der Waals surface area contributed by atoms with Gasteiger partial charge in [-0.15, -0.1) is 0 Å². The van der Waals surface area contributed by atoms with Gasteiger partial charge in [0.2, 0.25) is 0 Å². The minimum Gasteiger partial charge on any atom is -0.387 e. The molecule has 0 radical (unpaired) electrons. The fourth-order valence-corrected chi connectivity index (χ4v) is 2.59. The van der Waals surface area contributed by atoms with Crippen molar-refractivity contribution in [3.05, 3.63) is 0 Å². The van der Waals surface area contributed by atoms with Crippen LogP contribution in [-0.4, -0.2) is 36.9 Å². The first-order valence-corrected chi connectivity index (χ1v) is 7.30. The van der Waals surface area contributed by atoms with Gasteiger partial charge in [0.25, 0.3) is 0 Å². The number of nitrogens with zero attached hydrogens (tertiary/aromatic N) is 2. The Bertz CT molecular complexity index is 220. The summed E-state index contributed by atoms with van der Waals surface area (Å²) in [6.45, 7) is 8.65. The van der Waals surface area contributed by atoms with E-state index >= 15 is 0 Å². The Hall–Kier alpha value is -0.570. The Balaban J connectivity index is 2.26. The van der Waals surface area contributed by atoms with Crippen LogP contribution in [0.15, 0.2) is 4.99 Å². The van der Waals surface area contributed by atoms with Gasteiger partial charge in [0.15, 0.2) is 0 Å². The summed E-state index contributed by atoms with van der Waals surface area (Å²) < 4.78 is 0. The number of nitrogens with two attached hydrogens (primary N) is 1. The van der Waals surface area contributed by atoms with Gasteiger partial charge in [-0.2, -0.15) is 0 Å². The van der Waals surface area contributed by atoms with Crippen LogP contribution in [0.5, 0.6) is 0 Å². The van der Waals surface area contributed by atoms with Gasteiger partial charge in [-0.05, 0) is 32.4 Å². The maximum Gasteiger partial charge on any atom is 0.0968 e. The van der Waals surface area contributed by atoms with E-state index in [-0.39, 0.29) is 0 Å². The predicted octanol–water partition coefficient (Wildman–Crippen LogP) is 2.66. The van der Waals surface area contributed by atoms with E-state index < -0.39 is 0 Å². The van der Waals surface area contributed by atoms with Crippen LogP contribution in [0, 0.1) is 5.92 Å².